The van der Waals surface area contributed by atoms with Gasteiger partial charge in [0.05, 0.1) is 27.9 Å². The maximum Gasteiger partial charge on any atom is 0.336 e. The second kappa shape index (κ2) is 14.0. The van der Waals surface area contributed by atoms with Gasteiger partial charge in [0.25, 0.3) is 17.7 Å². The van der Waals surface area contributed by atoms with Crippen molar-refractivity contribution in [1.29, 1.82) is 0 Å². The zero-order valence-corrected chi connectivity index (χ0v) is 27.6. The number of carboxylic acids is 1. The van der Waals surface area contributed by atoms with Crippen LogP contribution in [0.3, 0.4) is 0 Å². The van der Waals surface area contributed by atoms with Gasteiger partial charge < -0.3 is 10.4 Å². The normalized spacial score (nSPS) is 11.9. The molecule has 0 saturated carbocycles. The standard InChI is InChI=1S/C43H26N2O8/c46-37(25-7-3-1-4-8-25)27-11-17-31(18-12-27)44-40(49)33-21-15-30(24-36(33)43(52)53)39(48)29-16-22-34-35(23-29)42(51)45(41(34)50)32-19-13-28(14-20-32)38(47)26-9-5-2-6-10-26/h1-24H,(H,44,49)(H,52,53). The van der Waals surface area contributed by atoms with Crippen molar-refractivity contribution in [1.82, 2.24) is 0 Å². The number of aromatic carboxylic acids is 1. The van der Waals surface area contributed by atoms with E-state index in [4.69, 9.17) is 0 Å². The molecule has 1 aliphatic heterocycles. The maximum atomic E-state index is 13.6. The minimum atomic E-state index is -1.45. The van der Waals surface area contributed by atoms with E-state index in [2.05, 4.69) is 5.32 Å². The predicted molar refractivity (Wildman–Crippen MR) is 195 cm³/mol. The molecule has 256 valence electrons. The molecule has 2 N–H and O–H groups in total. The summed E-state index contributed by atoms with van der Waals surface area (Å²) in [6.45, 7) is 0. The number of carbonyl (C=O) groups is 7. The third kappa shape index (κ3) is 6.55. The molecule has 0 bridgehead atoms. The Morgan fingerprint density at radius 1 is 0.453 bits per heavy atom. The second-order valence-corrected chi connectivity index (χ2v) is 12.1. The second-order valence-electron chi connectivity index (χ2n) is 12.1. The highest BCUT2D eigenvalue weighted by Crippen LogP contribution is 2.30. The molecule has 10 heteroatoms. The van der Waals surface area contributed by atoms with Gasteiger partial charge in [0.15, 0.2) is 17.3 Å². The number of benzene rings is 6. The number of hydrogen-bond acceptors (Lipinski definition) is 7. The average Bonchev–Trinajstić information content (AvgIpc) is 3.45. The summed E-state index contributed by atoms with van der Waals surface area (Å²) in [4.78, 5) is 92.2. The lowest BCUT2D eigenvalue weighted by Gasteiger charge is -2.14. The van der Waals surface area contributed by atoms with E-state index in [1.165, 1.54) is 66.7 Å². The van der Waals surface area contributed by atoms with Crippen LogP contribution in [0.25, 0.3) is 0 Å². The lowest BCUT2D eigenvalue weighted by molar-refractivity contribution is 0.0691. The van der Waals surface area contributed by atoms with Crippen LogP contribution in [0.4, 0.5) is 11.4 Å². The molecule has 1 heterocycles. The third-order valence-electron chi connectivity index (χ3n) is 8.77. The number of hydrogen-bond donors (Lipinski definition) is 2. The molecule has 53 heavy (non-hydrogen) atoms. The molecule has 0 atom stereocenters. The number of anilines is 2. The highest BCUT2D eigenvalue weighted by molar-refractivity contribution is 6.35. The molecular formula is C43H26N2O8. The molecule has 7 rings (SSSR count). The van der Waals surface area contributed by atoms with Crippen LogP contribution >= 0.6 is 0 Å². The number of carboxylic acid groups (broad SMARTS) is 1. The van der Waals surface area contributed by atoms with Crippen LogP contribution in [-0.4, -0.2) is 46.1 Å². The molecule has 0 radical (unpaired) electrons. The summed E-state index contributed by atoms with van der Waals surface area (Å²) in [5.74, 6) is -4.52. The Balaban J connectivity index is 1.08. The highest BCUT2D eigenvalue weighted by Gasteiger charge is 2.37. The number of nitrogens with zero attached hydrogens (tertiary/aromatic N) is 1. The largest absolute Gasteiger partial charge is 0.478 e. The summed E-state index contributed by atoms with van der Waals surface area (Å²) in [5, 5.41) is 12.6. The van der Waals surface area contributed by atoms with Gasteiger partial charge in [-0.2, -0.15) is 0 Å². The minimum absolute atomic E-state index is 0.0174. The smallest absolute Gasteiger partial charge is 0.336 e. The first kappa shape index (κ1) is 33.9. The molecule has 0 aromatic heterocycles. The zero-order valence-electron chi connectivity index (χ0n) is 27.6. The summed E-state index contributed by atoms with van der Waals surface area (Å²) in [6, 6.07) is 37.1. The number of nitrogens with one attached hydrogen (secondary N) is 1. The zero-order chi connectivity index (χ0) is 37.2. The number of amides is 3. The van der Waals surface area contributed by atoms with Gasteiger partial charge in [-0.3, -0.25) is 28.8 Å². The van der Waals surface area contributed by atoms with E-state index in [1.807, 2.05) is 0 Å². The van der Waals surface area contributed by atoms with Crippen LogP contribution in [0.5, 0.6) is 0 Å². The Bertz CT molecular complexity index is 2490. The Labute approximate surface area is 302 Å². The fraction of sp³-hybridized carbons (Fsp3) is 0. The first-order chi connectivity index (χ1) is 25.6. The molecule has 0 aliphatic carbocycles. The molecule has 3 amide bonds. The van der Waals surface area contributed by atoms with Gasteiger partial charge in [-0.15, -0.1) is 0 Å². The Hall–Kier alpha value is -7.59. The molecule has 0 saturated heterocycles. The first-order valence-corrected chi connectivity index (χ1v) is 16.3. The van der Waals surface area contributed by atoms with Crippen LogP contribution in [0.2, 0.25) is 0 Å². The van der Waals surface area contributed by atoms with Gasteiger partial charge in [0.1, 0.15) is 0 Å². The van der Waals surface area contributed by atoms with E-state index in [0.717, 1.165) is 11.0 Å². The van der Waals surface area contributed by atoms with Crippen LogP contribution in [0.1, 0.15) is 89.2 Å². The van der Waals surface area contributed by atoms with Crippen molar-refractivity contribution in [3.05, 3.63) is 201 Å². The van der Waals surface area contributed by atoms with Gasteiger partial charge in [-0.05, 0) is 72.8 Å². The Morgan fingerprint density at radius 2 is 0.906 bits per heavy atom. The Kier molecular flexibility index (Phi) is 8.93. The molecule has 10 nitrogen and oxygen atoms in total. The topological polar surface area (TPSA) is 155 Å². The quantitative estimate of drug-likeness (QED) is 0.113. The Morgan fingerprint density at radius 3 is 1.47 bits per heavy atom. The monoisotopic (exact) mass is 698 g/mol. The van der Waals surface area contributed by atoms with Crippen molar-refractivity contribution in [3.8, 4) is 0 Å². The van der Waals surface area contributed by atoms with Gasteiger partial charge in [0, 0.05) is 39.1 Å². The SMILES string of the molecule is O=C(c1ccccc1)c1ccc(NC(=O)c2ccc(C(=O)c3ccc4c(c3)C(=O)N(c3ccc(C(=O)c5ccccc5)cc3)C4=O)cc2C(=O)O)cc1. The predicted octanol–water partition coefficient (Wildman–Crippen LogP) is 7.13. The van der Waals surface area contributed by atoms with E-state index in [9.17, 15) is 38.7 Å². The summed E-state index contributed by atoms with van der Waals surface area (Å²) in [5.41, 5.74) is 1.71. The molecule has 6 aromatic rings. The van der Waals surface area contributed by atoms with Crippen molar-refractivity contribution < 1.29 is 38.7 Å². The molecule has 0 unspecified atom stereocenters. The summed E-state index contributed by atoms with van der Waals surface area (Å²) in [6.07, 6.45) is 0. The van der Waals surface area contributed by atoms with Crippen LogP contribution in [-0.2, 0) is 0 Å². The van der Waals surface area contributed by atoms with Crippen molar-refractivity contribution in [2.24, 2.45) is 0 Å². The van der Waals surface area contributed by atoms with Gasteiger partial charge in [0.2, 0.25) is 0 Å². The minimum Gasteiger partial charge on any atom is -0.478 e. The molecule has 6 aromatic carbocycles. The molecule has 0 fully saturated rings. The van der Waals surface area contributed by atoms with Crippen molar-refractivity contribution in [2.45, 2.75) is 0 Å². The lowest BCUT2D eigenvalue weighted by atomic mass is 9.95. The molecular weight excluding hydrogens is 672 g/mol. The number of fused-ring (bicyclic) bond motifs is 1. The first-order valence-electron chi connectivity index (χ1n) is 16.3. The van der Waals surface area contributed by atoms with E-state index in [0.29, 0.717) is 27.9 Å². The van der Waals surface area contributed by atoms with Crippen LogP contribution in [0, 0.1) is 0 Å². The number of ketones is 3. The third-order valence-corrected chi connectivity index (χ3v) is 8.77. The lowest BCUT2D eigenvalue weighted by Crippen LogP contribution is -2.29. The fourth-order valence-electron chi connectivity index (χ4n) is 6.02. The number of rotatable bonds is 10. The number of imide groups is 1. The van der Waals surface area contributed by atoms with Gasteiger partial charge >= 0.3 is 5.97 Å². The molecule has 0 spiro atoms. The summed E-state index contributed by atoms with van der Waals surface area (Å²) < 4.78 is 0. The van der Waals surface area contributed by atoms with Crippen molar-refractivity contribution in [3.63, 3.8) is 0 Å². The number of carbonyl (C=O) groups excluding carboxylic acids is 6. The van der Waals surface area contributed by atoms with Crippen LogP contribution in [0.15, 0.2) is 146 Å². The molecule has 1 aliphatic rings. The van der Waals surface area contributed by atoms with Crippen molar-refractivity contribution >= 4 is 52.4 Å². The summed E-state index contributed by atoms with van der Waals surface area (Å²) >= 11 is 0. The summed E-state index contributed by atoms with van der Waals surface area (Å²) in [7, 11) is 0. The van der Waals surface area contributed by atoms with E-state index < -0.39 is 35.0 Å². The van der Waals surface area contributed by atoms with Gasteiger partial charge in [-0.25, -0.2) is 9.69 Å². The fourth-order valence-corrected chi connectivity index (χ4v) is 6.02. The van der Waals surface area contributed by atoms with Gasteiger partial charge in [-0.1, -0.05) is 72.8 Å². The van der Waals surface area contributed by atoms with Crippen molar-refractivity contribution in [2.75, 3.05) is 10.2 Å². The van der Waals surface area contributed by atoms with E-state index in [1.54, 1.807) is 72.8 Å². The average molecular weight is 699 g/mol. The van der Waals surface area contributed by atoms with E-state index >= 15 is 0 Å². The maximum absolute atomic E-state index is 13.6. The van der Waals surface area contributed by atoms with E-state index in [-0.39, 0.29) is 45.1 Å². The highest BCUT2D eigenvalue weighted by atomic mass is 16.4. The van der Waals surface area contributed by atoms with Crippen LogP contribution < -0.4 is 10.2 Å².